The quantitative estimate of drug-likeness (QED) is 0.481. The van der Waals surface area contributed by atoms with Crippen LogP contribution in [0.3, 0.4) is 0 Å². The molecule has 4 rings (SSSR count). The summed E-state index contributed by atoms with van der Waals surface area (Å²) in [6, 6.07) is 7.78. The fourth-order valence-electron chi connectivity index (χ4n) is 4.44. The lowest BCUT2D eigenvalue weighted by Gasteiger charge is -2.44. The highest BCUT2D eigenvalue weighted by molar-refractivity contribution is 5.89. The fourth-order valence-corrected chi connectivity index (χ4v) is 4.44. The Labute approximate surface area is 154 Å². The maximum atomic E-state index is 12.2. The summed E-state index contributed by atoms with van der Waals surface area (Å²) in [7, 11) is 0. The van der Waals surface area contributed by atoms with Gasteiger partial charge in [0, 0.05) is 35.0 Å². The van der Waals surface area contributed by atoms with E-state index in [0.717, 1.165) is 48.3 Å². The van der Waals surface area contributed by atoms with Crippen LogP contribution < -0.4 is 5.73 Å². The Morgan fingerprint density at radius 3 is 2.85 bits per heavy atom. The van der Waals surface area contributed by atoms with Crippen molar-refractivity contribution in [2.45, 2.75) is 44.2 Å². The molecule has 134 valence electrons. The number of benzene rings is 1. The Bertz CT molecular complexity index is 841. The number of nitrogens with zero attached hydrogens (tertiary/aromatic N) is 1. The van der Waals surface area contributed by atoms with E-state index in [0.29, 0.717) is 0 Å². The fraction of sp³-hybridized carbons (Fsp3) is 0.409. The van der Waals surface area contributed by atoms with Crippen molar-refractivity contribution in [1.29, 1.82) is 0 Å². The first-order valence-corrected chi connectivity index (χ1v) is 9.39. The van der Waals surface area contributed by atoms with Crippen LogP contribution in [0.5, 0.6) is 0 Å². The van der Waals surface area contributed by atoms with E-state index in [1.807, 2.05) is 24.3 Å². The van der Waals surface area contributed by atoms with E-state index in [9.17, 15) is 4.79 Å². The molecule has 2 N–H and O–H groups in total. The number of carbonyl (C=O) groups is 1. The molecule has 0 spiro atoms. The van der Waals surface area contributed by atoms with Crippen LogP contribution in [0.25, 0.3) is 0 Å². The lowest BCUT2D eigenvalue weighted by atomic mass is 9.78. The third-order valence-electron chi connectivity index (χ3n) is 5.75. The van der Waals surface area contributed by atoms with Crippen LogP contribution in [-0.2, 0) is 9.53 Å². The van der Waals surface area contributed by atoms with E-state index in [1.54, 1.807) is 6.08 Å². The number of fused-ring (bicyclic) bond motifs is 3. The first-order valence-electron chi connectivity index (χ1n) is 9.39. The van der Waals surface area contributed by atoms with Crippen molar-refractivity contribution in [1.82, 2.24) is 4.90 Å². The second-order valence-corrected chi connectivity index (χ2v) is 7.22. The number of esters is 1. The van der Waals surface area contributed by atoms with Gasteiger partial charge in [0.05, 0.1) is 6.04 Å². The van der Waals surface area contributed by atoms with Gasteiger partial charge in [-0.05, 0) is 50.1 Å². The topological polar surface area (TPSA) is 55.6 Å². The summed E-state index contributed by atoms with van der Waals surface area (Å²) < 4.78 is 5.95. The summed E-state index contributed by atoms with van der Waals surface area (Å²) in [6.45, 7) is 4.01. The van der Waals surface area contributed by atoms with Crippen LogP contribution in [0.2, 0.25) is 0 Å². The number of nitrogens with two attached hydrogens (primary N) is 1. The van der Waals surface area contributed by atoms with Crippen LogP contribution >= 0.6 is 0 Å². The predicted molar refractivity (Wildman–Crippen MR) is 102 cm³/mol. The van der Waals surface area contributed by atoms with Gasteiger partial charge in [-0.15, -0.1) is 0 Å². The normalized spacial score (nSPS) is 27.9. The number of nitrogen functional groups attached to an aromatic ring is 1. The average Bonchev–Trinajstić information content (AvgIpc) is 2.95. The zero-order chi connectivity index (χ0) is 18.1. The Balaban J connectivity index is 1.75. The van der Waals surface area contributed by atoms with Gasteiger partial charge in [0.25, 0.3) is 0 Å². The molecule has 26 heavy (non-hydrogen) atoms. The number of rotatable bonds is 1. The SMILES string of the molecule is CC[C@]12OC(=O)C=C1C(C#Cc1ccc(N)cc1)=CCN1CCCC[C@@H]12. The molecular formula is C22H24N2O2. The Morgan fingerprint density at radius 1 is 1.27 bits per heavy atom. The summed E-state index contributed by atoms with van der Waals surface area (Å²) >= 11 is 0. The minimum atomic E-state index is -0.560. The monoisotopic (exact) mass is 348 g/mol. The molecule has 1 fully saturated rings. The van der Waals surface area contributed by atoms with E-state index in [2.05, 4.69) is 29.7 Å². The lowest BCUT2D eigenvalue weighted by Crippen LogP contribution is -2.55. The highest BCUT2D eigenvalue weighted by Gasteiger charge is 2.52. The number of hydrogen-bond acceptors (Lipinski definition) is 4. The molecule has 4 nitrogen and oxygen atoms in total. The second-order valence-electron chi connectivity index (χ2n) is 7.22. The Kier molecular flexibility index (Phi) is 4.34. The molecule has 0 aliphatic carbocycles. The zero-order valence-electron chi connectivity index (χ0n) is 15.1. The van der Waals surface area contributed by atoms with Gasteiger partial charge in [0.2, 0.25) is 0 Å². The minimum absolute atomic E-state index is 0.241. The van der Waals surface area contributed by atoms with E-state index < -0.39 is 5.60 Å². The molecule has 4 heteroatoms. The number of anilines is 1. The molecule has 0 radical (unpaired) electrons. The summed E-state index contributed by atoms with van der Waals surface area (Å²) in [4.78, 5) is 14.7. The average molecular weight is 348 g/mol. The van der Waals surface area contributed by atoms with Gasteiger partial charge in [0.1, 0.15) is 0 Å². The van der Waals surface area contributed by atoms with Gasteiger partial charge in [-0.3, -0.25) is 4.90 Å². The molecular weight excluding hydrogens is 324 g/mol. The van der Waals surface area contributed by atoms with Gasteiger partial charge in [-0.1, -0.05) is 31.3 Å². The maximum Gasteiger partial charge on any atom is 0.332 e. The van der Waals surface area contributed by atoms with E-state index in [1.165, 1.54) is 12.8 Å². The Morgan fingerprint density at radius 2 is 2.08 bits per heavy atom. The van der Waals surface area contributed by atoms with Crippen molar-refractivity contribution < 1.29 is 9.53 Å². The molecule has 0 saturated carbocycles. The van der Waals surface area contributed by atoms with Crippen molar-refractivity contribution in [3.8, 4) is 11.8 Å². The van der Waals surface area contributed by atoms with Crippen molar-refractivity contribution in [2.75, 3.05) is 18.8 Å². The lowest BCUT2D eigenvalue weighted by molar-refractivity contribution is -0.153. The van der Waals surface area contributed by atoms with Crippen molar-refractivity contribution >= 4 is 11.7 Å². The molecule has 1 saturated heterocycles. The summed E-state index contributed by atoms with van der Waals surface area (Å²) in [6.07, 6.45) is 8.03. The van der Waals surface area contributed by atoms with E-state index >= 15 is 0 Å². The van der Waals surface area contributed by atoms with Crippen molar-refractivity contribution in [2.24, 2.45) is 0 Å². The van der Waals surface area contributed by atoms with Crippen molar-refractivity contribution in [3.63, 3.8) is 0 Å². The van der Waals surface area contributed by atoms with E-state index in [-0.39, 0.29) is 12.0 Å². The van der Waals surface area contributed by atoms with Gasteiger partial charge in [0.15, 0.2) is 5.60 Å². The summed E-state index contributed by atoms with van der Waals surface area (Å²) in [5.41, 5.74) is 8.70. The molecule has 0 amide bonds. The molecule has 2 atom stereocenters. The maximum absolute atomic E-state index is 12.2. The molecule has 1 aromatic rings. The van der Waals surface area contributed by atoms with E-state index in [4.69, 9.17) is 10.5 Å². The van der Waals surface area contributed by atoms with Crippen LogP contribution in [-0.4, -0.2) is 35.6 Å². The number of ether oxygens (including phenoxy) is 1. The largest absolute Gasteiger partial charge is 0.449 e. The van der Waals surface area contributed by atoms with Crippen LogP contribution in [0.4, 0.5) is 5.69 Å². The molecule has 3 aliphatic rings. The summed E-state index contributed by atoms with van der Waals surface area (Å²) in [5, 5.41) is 0. The number of piperidine rings is 1. The third-order valence-corrected chi connectivity index (χ3v) is 5.75. The minimum Gasteiger partial charge on any atom is -0.449 e. The molecule has 1 aromatic carbocycles. The standard InChI is InChI=1S/C22H24N2O2/c1-2-22-19(15-21(25)26-22)17(9-6-16-7-10-18(23)11-8-16)12-14-24-13-4-3-5-20(22)24/h7-8,10-12,15,20H,2-5,13-14,23H2,1H3/t20-,22+/m1/s1. The molecule has 3 heterocycles. The van der Waals surface area contributed by atoms with Gasteiger partial charge in [-0.2, -0.15) is 0 Å². The molecule has 0 bridgehead atoms. The first kappa shape index (κ1) is 16.9. The Hall–Kier alpha value is -2.51. The number of carbonyl (C=O) groups excluding carboxylic acids is 1. The van der Waals surface area contributed by atoms with Crippen LogP contribution in [0, 0.1) is 11.8 Å². The van der Waals surface area contributed by atoms with Crippen molar-refractivity contribution in [3.05, 3.63) is 53.1 Å². The van der Waals surface area contributed by atoms with Crippen LogP contribution in [0.1, 0.15) is 38.2 Å². The highest BCUT2D eigenvalue weighted by Crippen LogP contribution is 2.45. The highest BCUT2D eigenvalue weighted by atomic mass is 16.6. The third kappa shape index (κ3) is 2.83. The number of hydrogen-bond donors (Lipinski definition) is 1. The first-order chi connectivity index (χ1) is 12.6. The van der Waals surface area contributed by atoms with Gasteiger partial charge in [-0.25, -0.2) is 4.79 Å². The van der Waals surface area contributed by atoms with Crippen LogP contribution in [0.15, 0.2) is 47.6 Å². The zero-order valence-corrected chi connectivity index (χ0v) is 15.1. The molecule has 3 aliphatic heterocycles. The molecule has 0 unspecified atom stereocenters. The van der Waals surface area contributed by atoms with Gasteiger partial charge >= 0.3 is 5.97 Å². The molecule has 0 aromatic heterocycles. The predicted octanol–water partition coefficient (Wildman–Crippen LogP) is 3.05. The second kappa shape index (κ2) is 6.66. The summed E-state index contributed by atoms with van der Waals surface area (Å²) in [5.74, 6) is 6.28. The van der Waals surface area contributed by atoms with Gasteiger partial charge < -0.3 is 10.5 Å². The smallest absolute Gasteiger partial charge is 0.332 e.